The molecule has 3 N–H and O–H groups in total. The Morgan fingerprint density at radius 1 is 1.24 bits per heavy atom. The van der Waals surface area contributed by atoms with Crippen LogP contribution >= 0.6 is 24.0 Å². The molecule has 0 aliphatic heterocycles. The van der Waals surface area contributed by atoms with E-state index in [-0.39, 0.29) is 6.04 Å². The van der Waals surface area contributed by atoms with Gasteiger partial charge in [-0.15, -0.1) is 11.3 Å². The molecule has 2 aromatic heterocycles. The molecule has 0 aliphatic carbocycles. The molecule has 0 saturated heterocycles. The molecule has 3 rings (SSSR count). The van der Waals surface area contributed by atoms with Crippen LogP contribution in [-0.4, -0.2) is 29.9 Å². The maximum Gasteiger partial charge on any atom is 0.237 e. The van der Waals surface area contributed by atoms with Crippen molar-refractivity contribution in [3.05, 3.63) is 53.5 Å². The summed E-state index contributed by atoms with van der Waals surface area (Å²) in [6.07, 6.45) is 3.49. The van der Waals surface area contributed by atoms with E-state index >= 15 is 0 Å². The fourth-order valence-electron chi connectivity index (χ4n) is 2.53. The zero-order chi connectivity index (χ0) is 17.5. The zero-order valence-electron chi connectivity index (χ0n) is 14.0. The number of aromatic nitrogens is 1. The van der Waals surface area contributed by atoms with Crippen LogP contribution in [0.15, 0.2) is 48.7 Å². The molecule has 132 valence electrons. The molecule has 0 spiro atoms. The average molecular weight is 374 g/mol. The van der Waals surface area contributed by atoms with E-state index in [0.717, 1.165) is 25.1 Å². The Kier molecular flexibility index (Phi) is 6.55. The van der Waals surface area contributed by atoms with Gasteiger partial charge in [-0.2, -0.15) is 12.6 Å². The van der Waals surface area contributed by atoms with E-state index in [9.17, 15) is 0 Å². The second-order valence-corrected chi connectivity index (χ2v) is 7.40. The predicted molar refractivity (Wildman–Crippen MR) is 110 cm³/mol. The van der Waals surface area contributed by atoms with Crippen LogP contribution in [0.1, 0.15) is 11.3 Å². The van der Waals surface area contributed by atoms with Crippen LogP contribution in [0.25, 0.3) is 10.1 Å². The number of nitrogens with one attached hydrogen (secondary N) is 1. The van der Waals surface area contributed by atoms with Gasteiger partial charge in [0.25, 0.3) is 0 Å². The number of benzene rings is 1. The minimum atomic E-state index is 0.102. The van der Waals surface area contributed by atoms with Crippen molar-refractivity contribution < 1.29 is 4.74 Å². The van der Waals surface area contributed by atoms with Crippen molar-refractivity contribution >= 4 is 39.7 Å². The topological polar surface area (TPSA) is 60.2 Å². The molecule has 0 aliphatic rings. The summed E-state index contributed by atoms with van der Waals surface area (Å²) in [6.45, 7) is 1.38. The third-order valence-electron chi connectivity index (χ3n) is 3.90. The van der Waals surface area contributed by atoms with Gasteiger partial charge in [0, 0.05) is 40.5 Å². The number of thiophene rings is 1. The SMILES string of the molecule is NC(CS)CCNc1cccnc1OCCc1cc2ccccc2s1. The quantitative estimate of drug-likeness (QED) is 0.497. The van der Waals surface area contributed by atoms with Gasteiger partial charge < -0.3 is 15.8 Å². The zero-order valence-corrected chi connectivity index (χ0v) is 15.7. The number of ether oxygens (including phenoxy) is 1. The molecule has 1 unspecified atom stereocenters. The third-order valence-corrected chi connectivity index (χ3v) is 5.54. The average Bonchev–Trinajstić information content (AvgIpc) is 3.05. The summed E-state index contributed by atoms with van der Waals surface area (Å²) in [5, 5.41) is 4.64. The Bertz CT molecular complexity index is 773. The smallest absolute Gasteiger partial charge is 0.237 e. The lowest BCUT2D eigenvalue weighted by Gasteiger charge is -2.13. The maximum absolute atomic E-state index is 5.91. The normalized spacial score (nSPS) is 12.2. The van der Waals surface area contributed by atoms with Crippen LogP contribution in [0, 0.1) is 0 Å². The molecule has 0 fully saturated rings. The second kappa shape index (κ2) is 9.08. The summed E-state index contributed by atoms with van der Waals surface area (Å²) in [5.41, 5.74) is 6.80. The number of nitrogens with zero attached hydrogens (tertiary/aromatic N) is 1. The van der Waals surface area contributed by atoms with Crippen molar-refractivity contribution in [2.75, 3.05) is 24.2 Å². The van der Waals surface area contributed by atoms with Gasteiger partial charge >= 0.3 is 0 Å². The van der Waals surface area contributed by atoms with E-state index in [0.29, 0.717) is 18.2 Å². The first kappa shape index (κ1) is 18.0. The summed E-state index contributed by atoms with van der Waals surface area (Å²) in [6, 6.07) is 14.7. The maximum atomic E-state index is 5.91. The first-order valence-electron chi connectivity index (χ1n) is 8.42. The van der Waals surface area contributed by atoms with Crippen molar-refractivity contribution in [3.8, 4) is 5.88 Å². The Hall–Kier alpha value is -1.76. The molecular weight excluding hydrogens is 350 g/mol. The molecule has 2 heterocycles. The molecule has 3 aromatic rings. The highest BCUT2D eigenvalue weighted by molar-refractivity contribution is 7.80. The molecule has 25 heavy (non-hydrogen) atoms. The fourth-order valence-corrected chi connectivity index (χ4v) is 3.76. The van der Waals surface area contributed by atoms with Crippen LogP contribution < -0.4 is 15.8 Å². The largest absolute Gasteiger partial charge is 0.476 e. The first-order valence-corrected chi connectivity index (χ1v) is 9.87. The van der Waals surface area contributed by atoms with E-state index in [1.807, 2.05) is 23.5 Å². The van der Waals surface area contributed by atoms with Gasteiger partial charge in [-0.05, 0) is 36.1 Å². The lowest BCUT2D eigenvalue weighted by molar-refractivity contribution is 0.312. The number of pyridine rings is 1. The van der Waals surface area contributed by atoms with Crippen LogP contribution in [0.4, 0.5) is 5.69 Å². The molecule has 1 atom stereocenters. The van der Waals surface area contributed by atoms with Crippen LogP contribution in [-0.2, 0) is 6.42 Å². The first-order chi connectivity index (χ1) is 12.3. The summed E-state index contributed by atoms with van der Waals surface area (Å²) in [5.74, 6) is 1.33. The van der Waals surface area contributed by atoms with E-state index in [2.05, 4.69) is 53.3 Å². The van der Waals surface area contributed by atoms with E-state index < -0.39 is 0 Å². The van der Waals surface area contributed by atoms with E-state index in [4.69, 9.17) is 10.5 Å². The van der Waals surface area contributed by atoms with Gasteiger partial charge in [-0.25, -0.2) is 4.98 Å². The number of nitrogens with two attached hydrogens (primary N) is 1. The van der Waals surface area contributed by atoms with Gasteiger partial charge in [0.15, 0.2) is 0 Å². The number of anilines is 1. The molecule has 4 nitrogen and oxygen atoms in total. The molecule has 0 radical (unpaired) electrons. The standard InChI is InChI=1S/C19H23N3OS2/c20-15(13-24)7-10-21-17-5-3-9-22-19(17)23-11-8-16-12-14-4-1-2-6-18(14)25-16/h1-6,9,12,15,21,24H,7-8,10-11,13,20H2. The Labute approximate surface area is 157 Å². The number of hydrogen-bond donors (Lipinski definition) is 3. The van der Waals surface area contributed by atoms with Gasteiger partial charge in [0.05, 0.1) is 12.3 Å². The number of thiol groups is 1. The van der Waals surface area contributed by atoms with Gasteiger partial charge in [-0.1, -0.05) is 18.2 Å². The Balaban J connectivity index is 1.54. The number of hydrogen-bond acceptors (Lipinski definition) is 6. The monoisotopic (exact) mass is 373 g/mol. The Morgan fingerprint density at radius 3 is 2.96 bits per heavy atom. The molecule has 0 saturated carbocycles. The van der Waals surface area contributed by atoms with Crippen LogP contribution in [0.3, 0.4) is 0 Å². The molecule has 0 bridgehead atoms. The lowest BCUT2D eigenvalue weighted by Crippen LogP contribution is -2.25. The minimum Gasteiger partial charge on any atom is -0.476 e. The van der Waals surface area contributed by atoms with Crippen LogP contribution in [0.5, 0.6) is 5.88 Å². The minimum absolute atomic E-state index is 0.102. The number of rotatable bonds is 9. The highest BCUT2D eigenvalue weighted by atomic mass is 32.1. The van der Waals surface area contributed by atoms with Crippen molar-refractivity contribution in [3.63, 3.8) is 0 Å². The molecule has 1 aromatic carbocycles. The molecule has 6 heteroatoms. The van der Waals surface area contributed by atoms with Crippen molar-refractivity contribution in [1.29, 1.82) is 0 Å². The van der Waals surface area contributed by atoms with Crippen molar-refractivity contribution in [2.45, 2.75) is 18.9 Å². The van der Waals surface area contributed by atoms with Gasteiger partial charge in [-0.3, -0.25) is 0 Å². The predicted octanol–water partition coefficient (Wildman–Crippen LogP) is 3.98. The molecule has 0 amide bonds. The summed E-state index contributed by atoms with van der Waals surface area (Å²) in [4.78, 5) is 5.67. The van der Waals surface area contributed by atoms with Crippen molar-refractivity contribution in [2.24, 2.45) is 5.73 Å². The van der Waals surface area contributed by atoms with Crippen molar-refractivity contribution in [1.82, 2.24) is 4.98 Å². The Morgan fingerprint density at radius 2 is 2.12 bits per heavy atom. The second-order valence-electron chi connectivity index (χ2n) is 5.86. The summed E-state index contributed by atoms with van der Waals surface area (Å²) in [7, 11) is 0. The third kappa shape index (κ3) is 5.11. The van der Waals surface area contributed by atoms with Gasteiger partial charge in [0.1, 0.15) is 0 Å². The molecular formula is C19H23N3OS2. The van der Waals surface area contributed by atoms with Gasteiger partial charge in [0.2, 0.25) is 5.88 Å². The van der Waals surface area contributed by atoms with Crippen LogP contribution in [0.2, 0.25) is 0 Å². The lowest BCUT2D eigenvalue weighted by atomic mass is 10.2. The summed E-state index contributed by atoms with van der Waals surface area (Å²) >= 11 is 6.03. The highest BCUT2D eigenvalue weighted by Crippen LogP contribution is 2.26. The highest BCUT2D eigenvalue weighted by Gasteiger charge is 2.07. The number of fused-ring (bicyclic) bond motifs is 1. The summed E-state index contributed by atoms with van der Waals surface area (Å²) < 4.78 is 7.23. The fraction of sp³-hybridized carbons (Fsp3) is 0.316. The van der Waals surface area contributed by atoms with E-state index in [1.165, 1.54) is 15.0 Å². The van der Waals surface area contributed by atoms with E-state index in [1.54, 1.807) is 6.20 Å².